The number of hydrogen-bond donors (Lipinski definition) is 3. The number of fused-ring (bicyclic) bond motifs is 3. The first kappa shape index (κ1) is 35.5. The topological polar surface area (TPSA) is 195 Å². The first-order valence-electron chi connectivity index (χ1n) is 17.6. The molecule has 3 N–H and O–H groups in total. The Labute approximate surface area is 299 Å². The molecule has 3 aromatic rings. The number of ether oxygens (including phenoxy) is 1. The fourth-order valence-electron chi connectivity index (χ4n) is 7.06. The molecule has 5 atom stereocenters. The van der Waals surface area contributed by atoms with E-state index in [0.29, 0.717) is 43.3 Å². The first-order valence-corrected chi connectivity index (χ1v) is 19.1. The van der Waals surface area contributed by atoms with Crippen molar-refractivity contribution in [2.75, 3.05) is 6.54 Å². The Bertz CT molecular complexity index is 2070. The molecule has 52 heavy (non-hydrogen) atoms. The number of para-hydroxylation sites is 1. The van der Waals surface area contributed by atoms with Gasteiger partial charge in [-0.05, 0) is 63.6 Å². The number of amides is 4. The molecule has 17 heteroatoms. The molecule has 0 radical (unpaired) electrons. The van der Waals surface area contributed by atoms with Crippen LogP contribution in [-0.4, -0.2) is 92.2 Å². The molecule has 1 saturated heterocycles. The summed E-state index contributed by atoms with van der Waals surface area (Å²) in [4.78, 5) is 65.9. The molecule has 4 amide bonds. The van der Waals surface area contributed by atoms with Gasteiger partial charge in [-0.15, -0.1) is 0 Å². The van der Waals surface area contributed by atoms with E-state index in [9.17, 15) is 32.0 Å². The highest BCUT2D eigenvalue weighted by Gasteiger charge is 2.62. The number of allylic oxidation sites excluding steroid dienone is 1. The smallest absolute Gasteiger partial charge is 0.270 e. The summed E-state index contributed by atoms with van der Waals surface area (Å²) >= 11 is 0. The molecule has 276 valence electrons. The van der Waals surface area contributed by atoms with Crippen LogP contribution in [-0.2, 0) is 31.5 Å². The average molecular weight is 737 g/mol. The van der Waals surface area contributed by atoms with Crippen LogP contribution >= 0.6 is 0 Å². The van der Waals surface area contributed by atoms with Crippen LogP contribution < -0.4 is 20.1 Å². The van der Waals surface area contributed by atoms with E-state index in [1.54, 1.807) is 20.0 Å². The summed E-state index contributed by atoms with van der Waals surface area (Å²) in [5, 5.41) is 9.08. The zero-order valence-electron chi connectivity index (χ0n) is 28.9. The second-order valence-electron chi connectivity index (χ2n) is 14.1. The Kier molecular flexibility index (Phi) is 9.48. The Morgan fingerprint density at radius 1 is 1.10 bits per heavy atom. The third-order valence-electron chi connectivity index (χ3n) is 10.3. The van der Waals surface area contributed by atoms with Crippen LogP contribution in [0.2, 0.25) is 0 Å². The van der Waals surface area contributed by atoms with Gasteiger partial charge >= 0.3 is 0 Å². The molecule has 15 nitrogen and oxygen atoms in total. The fourth-order valence-corrected chi connectivity index (χ4v) is 8.43. The van der Waals surface area contributed by atoms with Crippen LogP contribution in [0.25, 0.3) is 11.0 Å². The minimum Gasteiger partial charge on any atom is -0.471 e. The van der Waals surface area contributed by atoms with Crippen LogP contribution in [0.1, 0.15) is 74.0 Å². The second kappa shape index (κ2) is 13.9. The predicted molar refractivity (Wildman–Crippen MR) is 185 cm³/mol. The molecule has 2 aliphatic carbocycles. The van der Waals surface area contributed by atoms with E-state index < -0.39 is 74.4 Å². The van der Waals surface area contributed by atoms with Crippen molar-refractivity contribution in [1.82, 2.24) is 40.0 Å². The van der Waals surface area contributed by atoms with Crippen LogP contribution in [0.4, 0.5) is 4.39 Å². The lowest BCUT2D eigenvalue weighted by molar-refractivity contribution is -0.141. The maximum absolute atomic E-state index is 14.7. The number of hydrogen-bond acceptors (Lipinski definition) is 10. The third-order valence-corrected chi connectivity index (χ3v) is 12.1. The number of aromatic nitrogens is 4. The van der Waals surface area contributed by atoms with Gasteiger partial charge in [0.15, 0.2) is 5.82 Å². The normalized spacial score (nSPS) is 27.4. The second-order valence-corrected chi connectivity index (χ2v) is 16.0. The predicted octanol–water partition coefficient (Wildman–Crippen LogP) is 1.96. The van der Waals surface area contributed by atoms with E-state index in [4.69, 9.17) is 4.74 Å². The molecule has 7 rings (SSSR count). The largest absolute Gasteiger partial charge is 0.471 e. The molecule has 0 bridgehead atoms. The third kappa shape index (κ3) is 7.10. The summed E-state index contributed by atoms with van der Waals surface area (Å²) in [6, 6.07) is 3.76. The van der Waals surface area contributed by atoms with Crippen molar-refractivity contribution in [1.29, 1.82) is 0 Å². The van der Waals surface area contributed by atoms with Crippen LogP contribution in [0.5, 0.6) is 5.88 Å². The summed E-state index contributed by atoms with van der Waals surface area (Å²) in [5.74, 6) is -3.53. The zero-order chi connectivity index (χ0) is 36.8. The Balaban J connectivity index is 1.20. The van der Waals surface area contributed by atoms with Gasteiger partial charge < -0.3 is 20.3 Å². The van der Waals surface area contributed by atoms with Crippen molar-refractivity contribution >= 4 is 44.7 Å². The van der Waals surface area contributed by atoms with E-state index in [0.717, 1.165) is 12.8 Å². The number of nitrogens with one attached hydrogen (secondary N) is 3. The quantitative estimate of drug-likeness (QED) is 0.302. The Morgan fingerprint density at radius 3 is 2.65 bits per heavy atom. The summed E-state index contributed by atoms with van der Waals surface area (Å²) in [7, 11) is -2.30. The number of halogens is 1. The SMILES string of the molecule is Cc1nc2cccc(F)c2nc1O[C@@H]1C[C@H]2C(=O)N[C@]3(C(=O)NS(=O)(=O)C4CC4)C[C@H]3/C=C\CCCCC[C@H](NC(=O)c3ccnn3C)C(=O)N2C1. The molecule has 1 aromatic carbocycles. The zero-order valence-corrected chi connectivity index (χ0v) is 29.7. The van der Waals surface area contributed by atoms with Crippen molar-refractivity contribution in [3.63, 3.8) is 0 Å². The number of nitrogens with zero attached hydrogens (tertiary/aromatic N) is 5. The monoisotopic (exact) mass is 736 g/mol. The van der Waals surface area contributed by atoms with Gasteiger partial charge in [-0.25, -0.2) is 22.8 Å². The maximum Gasteiger partial charge on any atom is 0.270 e. The highest BCUT2D eigenvalue weighted by molar-refractivity contribution is 7.91. The lowest BCUT2D eigenvalue weighted by Crippen LogP contribution is -2.58. The van der Waals surface area contributed by atoms with Gasteiger partial charge in [0.05, 0.1) is 17.3 Å². The van der Waals surface area contributed by atoms with E-state index in [2.05, 4.69) is 30.4 Å². The minimum atomic E-state index is -3.91. The van der Waals surface area contributed by atoms with Gasteiger partial charge in [0.1, 0.15) is 40.6 Å². The highest BCUT2D eigenvalue weighted by Crippen LogP contribution is 2.46. The van der Waals surface area contributed by atoms with Gasteiger partial charge in [-0.1, -0.05) is 31.1 Å². The van der Waals surface area contributed by atoms with Crippen LogP contribution in [0.15, 0.2) is 42.6 Å². The number of rotatable bonds is 7. The van der Waals surface area contributed by atoms with Crippen molar-refractivity contribution in [3.05, 3.63) is 59.8 Å². The van der Waals surface area contributed by atoms with Gasteiger partial charge in [-0.2, -0.15) is 5.10 Å². The molecule has 2 aliphatic heterocycles. The molecule has 2 saturated carbocycles. The minimum absolute atomic E-state index is 0.00429. The number of sulfonamides is 1. The number of carbonyl (C=O) groups is 4. The summed E-state index contributed by atoms with van der Waals surface area (Å²) < 4.78 is 50.0. The molecule has 0 unspecified atom stereocenters. The van der Waals surface area contributed by atoms with Crippen LogP contribution in [0, 0.1) is 18.7 Å². The fraction of sp³-hybridized carbons (Fsp3) is 0.514. The number of carbonyl (C=O) groups excluding carboxylic acids is 4. The Morgan fingerprint density at radius 2 is 1.90 bits per heavy atom. The Hall–Kier alpha value is -4.93. The molecular formula is C35H41FN8O7S. The molecule has 3 fully saturated rings. The molecule has 4 heterocycles. The van der Waals surface area contributed by atoms with Gasteiger partial charge in [-0.3, -0.25) is 28.6 Å². The summed E-state index contributed by atoms with van der Waals surface area (Å²) in [6.07, 6.45) is 8.59. The van der Waals surface area contributed by atoms with E-state index in [1.807, 2.05) is 12.2 Å². The first-order chi connectivity index (χ1) is 24.9. The summed E-state index contributed by atoms with van der Waals surface area (Å²) in [5.41, 5.74) is -0.568. The van der Waals surface area contributed by atoms with E-state index in [-0.39, 0.29) is 36.5 Å². The lowest BCUT2D eigenvalue weighted by atomic mass is 10.0. The number of benzene rings is 1. The van der Waals surface area contributed by atoms with E-state index in [1.165, 1.54) is 34.0 Å². The average Bonchev–Trinajstić information content (AvgIpc) is 3.99. The van der Waals surface area contributed by atoms with E-state index >= 15 is 0 Å². The lowest BCUT2D eigenvalue weighted by Gasteiger charge is -2.30. The van der Waals surface area contributed by atoms with Crippen molar-refractivity contribution < 1.29 is 36.7 Å². The van der Waals surface area contributed by atoms with Gasteiger partial charge in [0.25, 0.3) is 11.8 Å². The van der Waals surface area contributed by atoms with Crippen molar-refractivity contribution in [2.45, 2.75) is 93.7 Å². The van der Waals surface area contributed by atoms with Gasteiger partial charge in [0, 0.05) is 25.6 Å². The maximum atomic E-state index is 14.7. The molecule has 2 aromatic heterocycles. The highest BCUT2D eigenvalue weighted by atomic mass is 32.2. The molecule has 4 aliphatic rings. The summed E-state index contributed by atoms with van der Waals surface area (Å²) in [6.45, 7) is 1.56. The molecular weight excluding hydrogens is 695 g/mol. The molecule has 0 spiro atoms. The van der Waals surface area contributed by atoms with Crippen molar-refractivity contribution in [3.8, 4) is 5.88 Å². The standard InChI is InChI=1S/C35H41FN8O7S/c1-20-32(40-29-24(36)10-8-12-25(29)38-20)51-22-17-28-31(46)41-35(34(48)42-52(49,50)23-13-14-23)18-21(35)9-6-4-3-5-7-11-26(33(47)44(28)19-22)39-30(45)27-15-16-37-43(27)2/h6,8-10,12,15-16,21-23,26,28H,3-5,7,11,13-14,17-19H2,1-2H3,(H,39,45)(H,41,46)(H,42,48)/b9-6-/t21-,22-,26+,28+,35-/m1/s1. The van der Waals surface area contributed by atoms with Crippen molar-refractivity contribution in [2.24, 2.45) is 13.0 Å². The van der Waals surface area contributed by atoms with Gasteiger partial charge in [0.2, 0.25) is 27.7 Å². The number of aryl methyl sites for hydroxylation is 2. The van der Waals surface area contributed by atoms with Crippen LogP contribution in [0.3, 0.4) is 0 Å².